The molecule has 0 spiro atoms. The molecule has 0 radical (unpaired) electrons. The van der Waals surface area contributed by atoms with Gasteiger partial charge in [-0.1, -0.05) is 78.9 Å². The van der Waals surface area contributed by atoms with Crippen molar-refractivity contribution in [1.29, 1.82) is 0 Å². The van der Waals surface area contributed by atoms with Gasteiger partial charge in [0.25, 0.3) is 0 Å². The van der Waals surface area contributed by atoms with Crippen LogP contribution in [0, 0.1) is 0 Å². The maximum absolute atomic E-state index is 3.46. The van der Waals surface area contributed by atoms with Gasteiger partial charge < -0.3 is 5.32 Å². The van der Waals surface area contributed by atoms with Crippen LogP contribution in [0.5, 0.6) is 0 Å². The molecule has 102 valence electrons. The summed E-state index contributed by atoms with van der Waals surface area (Å²) in [6, 6.07) is 28.9. The quantitative estimate of drug-likeness (QED) is 0.609. The average molecular weight is 271 g/mol. The summed E-state index contributed by atoms with van der Waals surface area (Å²) in [5, 5.41) is 3.46. The van der Waals surface area contributed by atoms with Gasteiger partial charge in [-0.15, -0.1) is 0 Å². The highest BCUT2D eigenvalue weighted by Gasteiger charge is 1.98. The zero-order valence-electron chi connectivity index (χ0n) is 11.7. The summed E-state index contributed by atoms with van der Waals surface area (Å²) >= 11 is 0. The molecular weight excluding hydrogens is 254 g/mol. The van der Waals surface area contributed by atoms with Crippen LogP contribution >= 0.6 is 0 Å². The van der Waals surface area contributed by atoms with Gasteiger partial charge >= 0.3 is 0 Å². The van der Waals surface area contributed by atoms with E-state index in [1.165, 1.54) is 11.1 Å². The minimum absolute atomic E-state index is 1.10. The third-order valence-electron chi connectivity index (χ3n) is 3.27. The largest absolute Gasteiger partial charge is 0.355 e. The Bertz CT molecular complexity index is 715. The van der Waals surface area contributed by atoms with Gasteiger partial charge in [0, 0.05) is 11.4 Å². The zero-order chi connectivity index (χ0) is 14.3. The molecule has 3 aromatic rings. The van der Waals surface area contributed by atoms with E-state index in [9.17, 15) is 0 Å². The van der Waals surface area contributed by atoms with Gasteiger partial charge in [-0.05, 0) is 29.3 Å². The van der Waals surface area contributed by atoms with E-state index in [1.807, 2.05) is 42.5 Å². The summed E-state index contributed by atoms with van der Waals surface area (Å²) in [5.74, 6) is 0. The summed E-state index contributed by atoms with van der Waals surface area (Å²) in [4.78, 5) is 0. The summed E-state index contributed by atoms with van der Waals surface area (Å²) in [5.41, 5.74) is 4.58. The molecule has 3 aromatic carbocycles. The van der Waals surface area contributed by atoms with Crippen LogP contribution in [0.4, 0.5) is 11.4 Å². The number of nitrogens with one attached hydrogen (secondary N) is 1. The molecule has 1 nitrogen and oxygen atoms in total. The molecule has 21 heavy (non-hydrogen) atoms. The van der Waals surface area contributed by atoms with E-state index in [0.717, 1.165) is 11.4 Å². The van der Waals surface area contributed by atoms with Crippen LogP contribution in [0.25, 0.3) is 12.2 Å². The molecule has 0 amide bonds. The standard InChI is InChI=1S/C20H17N/c1-3-9-17(10-4-1)15-16-18-11-7-8-14-20(18)21-19-12-5-2-6-13-19/h1-16,21H. The molecule has 1 N–H and O–H groups in total. The fourth-order valence-electron chi connectivity index (χ4n) is 2.18. The van der Waals surface area contributed by atoms with Gasteiger partial charge in [0.05, 0.1) is 0 Å². The zero-order valence-corrected chi connectivity index (χ0v) is 11.7. The Balaban J connectivity index is 1.84. The third-order valence-corrected chi connectivity index (χ3v) is 3.27. The second kappa shape index (κ2) is 6.58. The lowest BCUT2D eigenvalue weighted by Crippen LogP contribution is -1.92. The van der Waals surface area contributed by atoms with Gasteiger partial charge in [-0.3, -0.25) is 0 Å². The molecular formula is C20H17N. The van der Waals surface area contributed by atoms with Crippen molar-refractivity contribution >= 4 is 23.5 Å². The molecule has 0 fully saturated rings. The van der Waals surface area contributed by atoms with E-state index >= 15 is 0 Å². The summed E-state index contributed by atoms with van der Waals surface area (Å²) < 4.78 is 0. The van der Waals surface area contributed by atoms with Crippen molar-refractivity contribution < 1.29 is 0 Å². The van der Waals surface area contributed by atoms with E-state index in [4.69, 9.17) is 0 Å². The highest BCUT2D eigenvalue weighted by molar-refractivity contribution is 5.78. The first-order valence-electron chi connectivity index (χ1n) is 7.06. The number of hydrogen-bond acceptors (Lipinski definition) is 1. The molecule has 0 atom stereocenters. The molecule has 0 aliphatic heterocycles. The normalized spacial score (nSPS) is 10.7. The molecule has 0 heterocycles. The Morgan fingerprint density at radius 2 is 1.19 bits per heavy atom. The molecule has 0 aliphatic carbocycles. The van der Waals surface area contributed by atoms with Gasteiger partial charge in [-0.2, -0.15) is 0 Å². The third kappa shape index (κ3) is 3.61. The Morgan fingerprint density at radius 3 is 1.95 bits per heavy atom. The number of anilines is 2. The minimum Gasteiger partial charge on any atom is -0.355 e. The number of rotatable bonds is 4. The lowest BCUT2D eigenvalue weighted by atomic mass is 10.1. The van der Waals surface area contributed by atoms with Crippen molar-refractivity contribution in [2.45, 2.75) is 0 Å². The molecule has 1 heteroatoms. The number of para-hydroxylation sites is 2. The van der Waals surface area contributed by atoms with Crippen molar-refractivity contribution in [3.63, 3.8) is 0 Å². The summed E-state index contributed by atoms with van der Waals surface area (Å²) in [6.45, 7) is 0. The molecule has 0 unspecified atom stereocenters. The number of hydrogen-bond donors (Lipinski definition) is 1. The highest BCUT2D eigenvalue weighted by atomic mass is 14.9. The van der Waals surface area contributed by atoms with Crippen molar-refractivity contribution in [3.8, 4) is 0 Å². The topological polar surface area (TPSA) is 12.0 Å². The molecule has 0 saturated carbocycles. The van der Waals surface area contributed by atoms with Crippen molar-refractivity contribution in [2.75, 3.05) is 5.32 Å². The first-order valence-corrected chi connectivity index (χ1v) is 7.06. The Kier molecular flexibility index (Phi) is 4.13. The second-order valence-electron chi connectivity index (χ2n) is 4.82. The van der Waals surface area contributed by atoms with Crippen molar-refractivity contribution in [3.05, 3.63) is 96.1 Å². The van der Waals surface area contributed by atoms with Crippen LogP contribution in [0.1, 0.15) is 11.1 Å². The first kappa shape index (κ1) is 13.2. The fraction of sp³-hybridized carbons (Fsp3) is 0. The monoisotopic (exact) mass is 271 g/mol. The van der Waals surface area contributed by atoms with E-state index < -0.39 is 0 Å². The molecule has 3 rings (SSSR count). The van der Waals surface area contributed by atoms with Crippen molar-refractivity contribution in [2.24, 2.45) is 0 Å². The predicted molar refractivity (Wildman–Crippen MR) is 91.5 cm³/mol. The van der Waals surface area contributed by atoms with E-state index in [2.05, 4.69) is 59.9 Å². The summed E-state index contributed by atoms with van der Waals surface area (Å²) in [6.07, 6.45) is 4.27. The first-order chi connectivity index (χ1) is 10.4. The van der Waals surface area contributed by atoms with Crippen LogP contribution in [-0.4, -0.2) is 0 Å². The van der Waals surface area contributed by atoms with Crippen LogP contribution in [0.2, 0.25) is 0 Å². The summed E-state index contributed by atoms with van der Waals surface area (Å²) in [7, 11) is 0. The maximum atomic E-state index is 3.46. The Morgan fingerprint density at radius 1 is 0.571 bits per heavy atom. The van der Waals surface area contributed by atoms with E-state index in [1.54, 1.807) is 0 Å². The fourth-order valence-corrected chi connectivity index (χ4v) is 2.18. The Labute approximate surface area is 125 Å². The second-order valence-corrected chi connectivity index (χ2v) is 4.82. The smallest absolute Gasteiger partial charge is 0.0457 e. The van der Waals surface area contributed by atoms with Gasteiger partial charge in [-0.25, -0.2) is 0 Å². The van der Waals surface area contributed by atoms with E-state index in [-0.39, 0.29) is 0 Å². The molecule has 0 aliphatic rings. The molecule has 0 bridgehead atoms. The highest BCUT2D eigenvalue weighted by Crippen LogP contribution is 2.22. The average Bonchev–Trinajstić information content (AvgIpc) is 2.56. The van der Waals surface area contributed by atoms with Gasteiger partial charge in [0.2, 0.25) is 0 Å². The van der Waals surface area contributed by atoms with Gasteiger partial charge in [0.1, 0.15) is 0 Å². The number of benzene rings is 3. The van der Waals surface area contributed by atoms with Crippen LogP contribution in [0.15, 0.2) is 84.9 Å². The minimum atomic E-state index is 1.10. The molecule has 0 aromatic heterocycles. The molecule has 0 saturated heterocycles. The maximum Gasteiger partial charge on any atom is 0.0457 e. The van der Waals surface area contributed by atoms with Crippen molar-refractivity contribution in [1.82, 2.24) is 0 Å². The lowest BCUT2D eigenvalue weighted by molar-refractivity contribution is 1.53. The van der Waals surface area contributed by atoms with Crippen LogP contribution < -0.4 is 5.32 Å². The van der Waals surface area contributed by atoms with Crippen LogP contribution in [0.3, 0.4) is 0 Å². The predicted octanol–water partition coefficient (Wildman–Crippen LogP) is 5.60. The van der Waals surface area contributed by atoms with Gasteiger partial charge in [0.15, 0.2) is 0 Å². The Hall–Kier alpha value is -2.80. The lowest BCUT2D eigenvalue weighted by Gasteiger charge is -2.09. The van der Waals surface area contributed by atoms with Crippen LogP contribution in [-0.2, 0) is 0 Å². The van der Waals surface area contributed by atoms with E-state index in [0.29, 0.717) is 0 Å². The SMILES string of the molecule is C(=Cc1ccccc1Nc1ccccc1)c1ccccc1.